The summed E-state index contributed by atoms with van der Waals surface area (Å²) in [6.07, 6.45) is 4.48. The van der Waals surface area contributed by atoms with Crippen LogP contribution < -0.4 is 4.74 Å². The Labute approximate surface area is 274 Å². The molecule has 0 radical (unpaired) electrons. The molecule has 45 heavy (non-hydrogen) atoms. The summed E-state index contributed by atoms with van der Waals surface area (Å²) < 4.78 is 51.6. The van der Waals surface area contributed by atoms with Crippen molar-refractivity contribution in [1.82, 2.24) is 0 Å². The molecule has 10 nitrogen and oxygen atoms in total. The number of para-hydroxylation sites is 1. The third-order valence-electron chi connectivity index (χ3n) is 6.95. The zero-order valence-electron chi connectivity index (χ0n) is 25.3. The average Bonchev–Trinajstić information content (AvgIpc) is 3.75. The van der Waals surface area contributed by atoms with Crippen LogP contribution in [0.2, 0.25) is 0 Å². The average molecular weight is 647 g/mol. The number of hydrogen-bond acceptors (Lipinski definition) is 10. The lowest BCUT2D eigenvalue weighted by Crippen LogP contribution is -2.15. The Kier molecular flexibility index (Phi) is 20.9. The largest absolute Gasteiger partial charge is 0.491 e. The van der Waals surface area contributed by atoms with Crippen LogP contribution in [0.25, 0.3) is 0 Å². The summed E-state index contributed by atoms with van der Waals surface area (Å²) in [5.74, 6) is 0.919. The molecule has 10 heteroatoms. The van der Waals surface area contributed by atoms with Crippen molar-refractivity contribution in [3.63, 3.8) is 0 Å². The fourth-order valence-electron chi connectivity index (χ4n) is 3.57. The molecule has 0 saturated carbocycles. The Morgan fingerprint density at radius 1 is 0.644 bits per heavy atom. The van der Waals surface area contributed by atoms with Crippen molar-refractivity contribution < 1.29 is 47.4 Å². The molecule has 0 N–H and O–H groups in total. The Morgan fingerprint density at radius 3 is 1.56 bits per heavy atom. The topological polar surface area (TPSA) is 112 Å². The molecule has 6 aliphatic heterocycles. The number of methoxy groups -OCH3 is 1. The summed E-state index contributed by atoms with van der Waals surface area (Å²) in [7, 11) is 1.69. The SMILES string of the molecule is C.C.C.C.CC1(CC2CO2)CO1.CC1(COCCCCOCC2CO2)CO1.COCC1(C)CO1.c1ccc(OCC2CO2)cc1. The van der Waals surface area contributed by atoms with Crippen molar-refractivity contribution in [3.8, 4) is 5.75 Å². The highest BCUT2D eigenvalue weighted by Crippen LogP contribution is 2.35. The molecule has 0 amide bonds. The van der Waals surface area contributed by atoms with Gasteiger partial charge in [0.15, 0.2) is 0 Å². The number of ether oxygens (including phenoxy) is 10. The molecule has 0 aliphatic carbocycles. The molecule has 6 unspecified atom stereocenters. The minimum atomic E-state index is 0. The van der Waals surface area contributed by atoms with Crippen LogP contribution in [0.5, 0.6) is 5.75 Å². The highest BCUT2D eigenvalue weighted by Gasteiger charge is 2.44. The Hall–Kier alpha value is -1.34. The van der Waals surface area contributed by atoms with Gasteiger partial charge in [-0.1, -0.05) is 47.9 Å². The summed E-state index contributed by atoms with van der Waals surface area (Å²) in [6, 6.07) is 9.79. The van der Waals surface area contributed by atoms with E-state index in [-0.39, 0.29) is 46.5 Å². The second kappa shape index (κ2) is 21.5. The van der Waals surface area contributed by atoms with Gasteiger partial charge in [0.05, 0.1) is 71.2 Å². The van der Waals surface area contributed by atoms with Crippen LogP contribution in [0.15, 0.2) is 30.3 Å². The van der Waals surface area contributed by atoms with E-state index in [0.29, 0.717) is 24.9 Å². The maximum atomic E-state index is 5.50. The summed E-state index contributed by atoms with van der Waals surface area (Å²) in [4.78, 5) is 0. The second-order valence-electron chi connectivity index (χ2n) is 12.2. The van der Waals surface area contributed by atoms with Gasteiger partial charge in [0.25, 0.3) is 0 Å². The molecule has 0 spiro atoms. The molecule has 6 atom stereocenters. The van der Waals surface area contributed by atoms with Crippen molar-refractivity contribution in [2.75, 3.05) is 86.4 Å². The zero-order chi connectivity index (χ0) is 29.0. The lowest BCUT2D eigenvalue weighted by molar-refractivity contribution is 0.0711. The predicted octanol–water partition coefficient (Wildman–Crippen LogP) is 5.98. The van der Waals surface area contributed by atoms with E-state index in [0.717, 1.165) is 97.7 Å². The third kappa shape index (κ3) is 22.0. The molecule has 0 bridgehead atoms. The third-order valence-corrected chi connectivity index (χ3v) is 6.95. The molecular formula is C35H66O10. The predicted molar refractivity (Wildman–Crippen MR) is 179 cm³/mol. The maximum absolute atomic E-state index is 5.50. The molecule has 0 aromatic heterocycles. The van der Waals surface area contributed by atoms with E-state index in [4.69, 9.17) is 47.4 Å². The normalized spacial score (nSPS) is 31.3. The summed E-state index contributed by atoms with van der Waals surface area (Å²) in [5.41, 5.74) is 0.315. The minimum absolute atomic E-state index is 0. The van der Waals surface area contributed by atoms with E-state index in [9.17, 15) is 0 Å². The van der Waals surface area contributed by atoms with Crippen molar-refractivity contribution in [1.29, 1.82) is 0 Å². The van der Waals surface area contributed by atoms with Crippen LogP contribution in [-0.4, -0.2) is 122 Å². The van der Waals surface area contributed by atoms with Gasteiger partial charge in [0, 0.05) is 26.7 Å². The van der Waals surface area contributed by atoms with E-state index in [2.05, 4.69) is 13.8 Å². The highest BCUT2D eigenvalue weighted by atomic mass is 16.6. The quantitative estimate of drug-likeness (QED) is 0.157. The smallest absolute Gasteiger partial charge is 0.119 e. The molecule has 6 fully saturated rings. The number of hydrogen-bond donors (Lipinski definition) is 0. The molecule has 266 valence electrons. The van der Waals surface area contributed by atoms with Crippen LogP contribution in [-0.2, 0) is 42.6 Å². The first-order valence-corrected chi connectivity index (χ1v) is 14.9. The van der Waals surface area contributed by atoms with Crippen LogP contribution in [0, 0.1) is 0 Å². The van der Waals surface area contributed by atoms with E-state index in [1.165, 1.54) is 0 Å². The van der Waals surface area contributed by atoms with E-state index >= 15 is 0 Å². The zero-order valence-corrected chi connectivity index (χ0v) is 25.3. The Balaban J connectivity index is 0.000000578. The van der Waals surface area contributed by atoms with E-state index in [1.54, 1.807) is 7.11 Å². The van der Waals surface area contributed by atoms with Crippen LogP contribution in [0.1, 0.15) is 69.7 Å². The minimum Gasteiger partial charge on any atom is -0.491 e. The number of rotatable bonds is 16. The summed E-state index contributed by atoms with van der Waals surface area (Å²) >= 11 is 0. The fraction of sp³-hybridized carbons (Fsp3) is 0.829. The van der Waals surface area contributed by atoms with Crippen LogP contribution in [0.3, 0.4) is 0 Å². The highest BCUT2D eigenvalue weighted by molar-refractivity contribution is 5.20. The number of unbranched alkanes of at least 4 members (excludes halogenated alkanes) is 1. The molecule has 1 aromatic carbocycles. The van der Waals surface area contributed by atoms with E-state index < -0.39 is 0 Å². The van der Waals surface area contributed by atoms with Crippen LogP contribution >= 0.6 is 0 Å². The van der Waals surface area contributed by atoms with Crippen molar-refractivity contribution in [2.24, 2.45) is 0 Å². The standard InChI is InChI=1S/C11H20O4.C9H10O2.C6H10O2.C5H10O2.4CH4/c1-11(9-15-11)8-13-5-3-2-4-12-6-10-7-14-10;1-2-4-8(5-3-1)10-6-9-7-11-9;1-6(4-8-6)2-5-3-7-5;1-5(3-6-2)4-7-5;;;;/h10H,2-9H2,1H3;1-5,9H,6-7H2;5H,2-4H2,1H3;3-4H2,1-2H3;4*1H4. The monoisotopic (exact) mass is 646 g/mol. The van der Waals surface area contributed by atoms with Crippen molar-refractivity contribution >= 4 is 0 Å². The summed E-state index contributed by atoms with van der Waals surface area (Å²) in [5, 5.41) is 0. The van der Waals surface area contributed by atoms with Gasteiger partial charge in [-0.15, -0.1) is 0 Å². The van der Waals surface area contributed by atoms with Gasteiger partial charge in [-0.3, -0.25) is 0 Å². The lowest BCUT2D eigenvalue weighted by atomic mass is 10.1. The van der Waals surface area contributed by atoms with Gasteiger partial charge in [0.1, 0.15) is 35.8 Å². The lowest BCUT2D eigenvalue weighted by Gasteiger charge is -2.06. The van der Waals surface area contributed by atoms with Crippen molar-refractivity contribution in [2.45, 2.75) is 105 Å². The molecule has 1 aromatic rings. The molecule has 6 saturated heterocycles. The maximum Gasteiger partial charge on any atom is 0.119 e. The Morgan fingerprint density at radius 2 is 1.11 bits per heavy atom. The molecular weight excluding hydrogens is 580 g/mol. The summed E-state index contributed by atoms with van der Waals surface area (Å²) in [6.45, 7) is 16.1. The van der Waals surface area contributed by atoms with Gasteiger partial charge in [-0.05, 0) is 45.7 Å². The van der Waals surface area contributed by atoms with E-state index in [1.807, 2.05) is 37.3 Å². The molecule has 6 heterocycles. The first-order chi connectivity index (χ1) is 19.8. The first-order valence-electron chi connectivity index (χ1n) is 14.9. The number of epoxide rings is 6. The second-order valence-corrected chi connectivity index (χ2v) is 12.2. The van der Waals surface area contributed by atoms with Gasteiger partial charge in [-0.25, -0.2) is 0 Å². The van der Waals surface area contributed by atoms with Gasteiger partial charge in [0.2, 0.25) is 0 Å². The van der Waals surface area contributed by atoms with Crippen molar-refractivity contribution in [3.05, 3.63) is 30.3 Å². The fourth-order valence-corrected chi connectivity index (χ4v) is 3.57. The first kappa shape index (κ1) is 43.7. The number of benzene rings is 1. The molecule has 7 rings (SSSR count). The van der Waals surface area contributed by atoms with Gasteiger partial charge < -0.3 is 47.4 Å². The van der Waals surface area contributed by atoms with Gasteiger partial charge in [-0.2, -0.15) is 0 Å². The molecule has 6 aliphatic rings. The van der Waals surface area contributed by atoms with Gasteiger partial charge >= 0.3 is 0 Å². The van der Waals surface area contributed by atoms with Crippen LogP contribution in [0.4, 0.5) is 0 Å². The Bertz CT molecular complexity index is 845.